The highest BCUT2D eigenvalue weighted by atomic mass is 32.2. The van der Waals surface area contributed by atoms with Gasteiger partial charge in [-0.15, -0.1) is 0 Å². The first-order chi connectivity index (χ1) is 16.1. The number of carbonyl (C=O) groups is 1. The molecule has 0 spiro atoms. The Balaban J connectivity index is 1.80. The summed E-state index contributed by atoms with van der Waals surface area (Å²) < 4.78 is 33.8. The molecule has 7 heteroatoms. The number of sulfonamides is 1. The molecule has 3 aromatic carbocycles. The van der Waals surface area contributed by atoms with Crippen LogP contribution in [0.3, 0.4) is 0 Å². The number of carbonyl (C=O) groups excluding carboxylic acids is 1. The van der Waals surface area contributed by atoms with E-state index < -0.39 is 15.9 Å². The van der Waals surface area contributed by atoms with Crippen molar-refractivity contribution in [1.82, 2.24) is 5.32 Å². The average molecular weight is 481 g/mol. The quantitative estimate of drug-likeness (QED) is 0.472. The third kappa shape index (κ3) is 6.38. The van der Waals surface area contributed by atoms with E-state index in [2.05, 4.69) is 5.32 Å². The number of nitrogens with zero attached hydrogens (tertiary/aromatic N) is 1. The largest absolute Gasteiger partial charge is 0.491 e. The molecule has 6 nitrogen and oxygen atoms in total. The molecule has 0 aliphatic heterocycles. The molecule has 0 aliphatic rings. The van der Waals surface area contributed by atoms with E-state index in [9.17, 15) is 13.2 Å². The molecule has 0 bridgehead atoms. The predicted molar refractivity (Wildman–Crippen MR) is 136 cm³/mol. The van der Waals surface area contributed by atoms with Crippen LogP contribution in [0.1, 0.15) is 36.1 Å². The Labute approximate surface area is 202 Å². The molecular weight excluding hydrogens is 448 g/mol. The molecule has 0 heterocycles. The highest BCUT2D eigenvalue weighted by molar-refractivity contribution is 7.92. The molecular formula is C27H32N2O4S. The van der Waals surface area contributed by atoms with Gasteiger partial charge in [-0.2, -0.15) is 0 Å². The Morgan fingerprint density at radius 2 is 1.56 bits per heavy atom. The van der Waals surface area contributed by atoms with Gasteiger partial charge >= 0.3 is 0 Å². The second-order valence-corrected chi connectivity index (χ2v) is 10.5. The van der Waals surface area contributed by atoms with Crippen molar-refractivity contribution in [2.24, 2.45) is 0 Å². The maximum atomic E-state index is 13.5. The van der Waals surface area contributed by atoms with Gasteiger partial charge in [-0.1, -0.05) is 35.9 Å². The first-order valence-electron chi connectivity index (χ1n) is 11.2. The molecule has 1 amide bonds. The fraction of sp³-hybridized carbons (Fsp3) is 0.296. The molecule has 0 aliphatic carbocycles. The molecule has 3 aromatic rings. The topological polar surface area (TPSA) is 75.7 Å². The Morgan fingerprint density at radius 3 is 2.15 bits per heavy atom. The lowest BCUT2D eigenvalue weighted by Gasteiger charge is -2.25. The SMILES string of the molecule is Cc1ccc(S(=O)(=O)N(CC(=O)NCc2ccc(OC(C)C)cc2)c2ccc(C)c(C)c2)cc1. The number of anilines is 1. The molecule has 0 atom stereocenters. The van der Waals surface area contributed by atoms with Crippen molar-refractivity contribution in [2.75, 3.05) is 10.8 Å². The number of aryl methyl sites for hydroxylation is 3. The Hall–Kier alpha value is -3.32. The van der Waals surface area contributed by atoms with Crippen molar-refractivity contribution >= 4 is 21.6 Å². The predicted octanol–water partition coefficient (Wildman–Crippen LogP) is 4.91. The molecule has 180 valence electrons. The lowest BCUT2D eigenvalue weighted by molar-refractivity contribution is -0.119. The van der Waals surface area contributed by atoms with Crippen LogP contribution in [-0.2, 0) is 21.4 Å². The minimum absolute atomic E-state index is 0.0809. The number of benzene rings is 3. The normalized spacial score (nSPS) is 11.4. The number of hydrogen-bond donors (Lipinski definition) is 1. The van der Waals surface area contributed by atoms with Gasteiger partial charge < -0.3 is 10.1 Å². The van der Waals surface area contributed by atoms with E-state index in [0.29, 0.717) is 5.69 Å². The van der Waals surface area contributed by atoms with Crippen LogP contribution in [-0.4, -0.2) is 27.0 Å². The van der Waals surface area contributed by atoms with Crippen molar-refractivity contribution in [3.05, 3.63) is 89.0 Å². The molecule has 0 saturated carbocycles. The first kappa shape index (κ1) is 25.3. The van der Waals surface area contributed by atoms with Crippen LogP contribution in [0, 0.1) is 20.8 Å². The van der Waals surface area contributed by atoms with Crippen molar-refractivity contribution in [3.8, 4) is 5.75 Å². The number of rotatable bonds is 9. The van der Waals surface area contributed by atoms with Crippen LogP contribution in [0.4, 0.5) is 5.69 Å². The summed E-state index contributed by atoms with van der Waals surface area (Å²) >= 11 is 0. The first-order valence-corrected chi connectivity index (χ1v) is 12.7. The van der Waals surface area contributed by atoms with E-state index in [4.69, 9.17) is 4.74 Å². The summed E-state index contributed by atoms with van der Waals surface area (Å²) in [6, 6.07) is 19.5. The lowest BCUT2D eigenvalue weighted by atomic mass is 10.1. The summed E-state index contributed by atoms with van der Waals surface area (Å²) in [7, 11) is -3.94. The van der Waals surface area contributed by atoms with E-state index in [1.54, 1.807) is 36.4 Å². The third-order valence-electron chi connectivity index (χ3n) is 5.46. The molecule has 0 fully saturated rings. The van der Waals surface area contributed by atoms with Gasteiger partial charge in [0.25, 0.3) is 10.0 Å². The van der Waals surface area contributed by atoms with Crippen LogP contribution >= 0.6 is 0 Å². The van der Waals surface area contributed by atoms with Crippen LogP contribution in [0.25, 0.3) is 0 Å². The summed E-state index contributed by atoms with van der Waals surface area (Å²) in [4.78, 5) is 13.0. The number of amides is 1. The number of hydrogen-bond acceptors (Lipinski definition) is 4. The zero-order valence-corrected chi connectivity index (χ0v) is 21.1. The van der Waals surface area contributed by atoms with E-state index in [1.807, 2.05) is 65.0 Å². The van der Waals surface area contributed by atoms with Gasteiger partial charge in [0.1, 0.15) is 12.3 Å². The summed E-state index contributed by atoms with van der Waals surface area (Å²) in [6.45, 7) is 9.65. The highest BCUT2D eigenvalue weighted by Gasteiger charge is 2.27. The summed E-state index contributed by atoms with van der Waals surface area (Å²) in [5.41, 5.74) is 4.30. The molecule has 0 saturated heterocycles. The van der Waals surface area contributed by atoms with Gasteiger partial charge in [0.2, 0.25) is 5.91 Å². The second-order valence-electron chi connectivity index (χ2n) is 8.68. The van der Waals surface area contributed by atoms with E-state index in [0.717, 1.165) is 28.0 Å². The van der Waals surface area contributed by atoms with Crippen molar-refractivity contribution in [2.45, 2.75) is 52.2 Å². The molecule has 3 rings (SSSR count). The van der Waals surface area contributed by atoms with Crippen molar-refractivity contribution in [1.29, 1.82) is 0 Å². The summed E-state index contributed by atoms with van der Waals surface area (Å²) in [5.74, 6) is 0.367. The maximum Gasteiger partial charge on any atom is 0.264 e. The summed E-state index contributed by atoms with van der Waals surface area (Å²) in [6.07, 6.45) is 0.0809. The highest BCUT2D eigenvalue weighted by Crippen LogP contribution is 2.26. The summed E-state index contributed by atoms with van der Waals surface area (Å²) in [5, 5.41) is 2.83. The van der Waals surface area contributed by atoms with Gasteiger partial charge in [-0.3, -0.25) is 9.10 Å². The Morgan fingerprint density at radius 1 is 0.912 bits per heavy atom. The average Bonchev–Trinajstić information content (AvgIpc) is 2.79. The monoisotopic (exact) mass is 480 g/mol. The lowest BCUT2D eigenvalue weighted by Crippen LogP contribution is -2.40. The standard InChI is InChI=1S/C27H32N2O4S/c1-19(2)33-25-12-9-23(10-13-25)17-28-27(30)18-29(24-11-8-21(4)22(5)16-24)34(31,32)26-14-6-20(3)7-15-26/h6-16,19H,17-18H2,1-5H3,(H,28,30). The minimum Gasteiger partial charge on any atom is -0.491 e. The second kappa shape index (κ2) is 10.7. The molecule has 0 aromatic heterocycles. The van der Waals surface area contributed by atoms with Gasteiger partial charge in [0, 0.05) is 6.54 Å². The van der Waals surface area contributed by atoms with Gasteiger partial charge in [0.05, 0.1) is 16.7 Å². The van der Waals surface area contributed by atoms with Crippen molar-refractivity contribution in [3.63, 3.8) is 0 Å². The maximum absolute atomic E-state index is 13.5. The molecule has 0 unspecified atom stereocenters. The number of nitrogens with one attached hydrogen (secondary N) is 1. The van der Waals surface area contributed by atoms with Crippen LogP contribution in [0.5, 0.6) is 5.75 Å². The third-order valence-corrected chi connectivity index (χ3v) is 7.25. The molecule has 34 heavy (non-hydrogen) atoms. The van der Waals surface area contributed by atoms with Gasteiger partial charge in [0.15, 0.2) is 0 Å². The van der Waals surface area contributed by atoms with E-state index in [-0.39, 0.29) is 24.1 Å². The zero-order valence-electron chi connectivity index (χ0n) is 20.3. The fourth-order valence-electron chi connectivity index (χ4n) is 3.38. The van der Waals surface area contributed by atoms with E-state index >= 15 is 0 Å². The fourth-order valence-corrected chi connectivity index (χ4v) is 4.79. The minimum atomic E-state index is -3.94. The van der Waals surface area contributed by atoms with Crippen LogP contribution in [0.15, 0.2) is 71.6 Å². The van der Waals surface area contributed by atoms with Crippen LogP contribution in [0.2, 0.25) is 0 Å². The van der Waals surface area contributed by atoms with Gasteiger partial charge in [-0.05, 0) is 87.7 Å². The Bertz CT molecular complexity index is 1230. The van der Waals surface area contributed by atoms with Gasteiger partial charge in [-0.25, -0.2) is 8.42 Å². The molecule has 0 radical (unpaired) electrons. The smallest absolute Gasteiger partial charge is 0.264 e. The Kier molecular flexibility index (Phi) is 7.99. The number of ether oxygens (including phenoxy) is 1. The van der Waals surface area contributed by atoms with Crippen LogP contribution < -0.4 is 14.4 Å². The van der Waals surface area contributed by atoms with Crippen molar-refractivity contribution < 1.29 is 17.9 Å². The molecule has 1 N–H and O–H groups in total. The van der Waals surface area contributed by atoms with E-state index in [1.165, 1.54) is 4.31 Å². The zero-order chi connectivity index (χ0) is 24.9.